The van der Waals surface area contributed by atoms with Crippen LogP contribution >= 0.6 is 0 Å². The van der Waals surface area contributed by atoms with E-state index in [0.717, 1.165) is 36.0 Å². The Kier molecular flexibility index (Phi) is 6.76. The molecule has 2 nitrogen and oxygen atoms in total. The van der Waals surface area contributed by atoms with E-state index >= 15 is 0 Å². The van der Waals surface area contributed by atoms with Gasteiger partial charge in [0.2, 0.25) is 8.32 Å². The topological polar surface area (TPSA) is 18.5 Å². The van der Waals surface area contributed by atoms with Crippen LogP contribution in [-0.2, 0) is 8.85 Å². The standard InChI is InChI=1S/C29H52O2Si2/c1-11-20-18-21-19-22(30-32(6,7)8)12-13-23(21)24-16-17-29(5)25(27(20)24)14-15-26(29)31-33(9,10)28(2,3)4/h18-20,23-27H,11-17H2,1-10H3/t20-,23+,24-,25+,26+,27-,29+/m1/s1. The Bertz CT molecular complexity index is 799. The molecule has 33 heavy (non-hydrogen) atoms. The van der Waals surface area contributed by atoms with Gasteiger partial charge in [0.05, 0.1) is 11.9 Å². The normalized spacial score (nSPS) is 39.2. The Morgan fingerprint density at radius 3 is 2.33 bits per heavy atom. The second kappa shape index (κ2) is 8.66. The smallest absolute Gasteiger partial charge is 0.241 e. The van der Waals surface area contributed by atoms with Crippen LogP contribution in [0.3, 0.4) is 0 Å². The van der Waals surface area contributed by atoms with Crippen molar-refractivity contribution in [1.82, 2.24) is 0 Å². The first-order valence-corrected chi connectivity index (χ1v) is 20.3. The molecule has 0 N–H and O–H groups in total. The zero-order chi connectivity index (χ0) is 24.4. The highest BCUT2D eigenvalue weighted by Crippen LogP contribution is 2.64. The van der Waals surface area contributed by atoms with E-state index in [1.165, 1.54) is 44.3 Å². The molecule has 0 aromatic rings. The number of hydrogen-bond donors (Lipinski definition) is 0. The van der Waals surface area contributed by atoms with Crippen LogP contribution in [0.1, 0.15) is 79.6 Å². The fourth-order valence-corrected chi connectivity index (χ4v) is 10.1. The van der Waals surface area contributed by atoms with Crippen molar-refractivity contribution in [2.75, 3.05) is 0 Å². The van der Waals surface area contributed by atoms with Gasteiger partial charge in [0.1, 0.15) is 0 Å². The number of hydrogen-bond acceptors (Lipinski definition) is 2. The minimum Gasteiger partial charge on any atom is -0.547 e. The lowest BCUT2D eigenvalue weighted by atomic mass is 9.50. The average molecular weight is 489 g/mol. The van der Waals surface area contributed by atoms with Crippen molar-refractivity contribution >= 4 is 16.6 Å². The van der Waals surface area contributed by atoms with E-state index in [-0.39, 0.29) is 5.04 Å². The van der Waals surface area contributed by atoms with E-state index in [9.17, 15) is 0 Å². The van der Waals surface area contributed by atoms with Gasteiger partial charge in [-0.25, -0.2) is 0 Å². The van der Waals surface area contributed by atoms with Gasteiger partial charge < -0.3 is 8.85 Å². The summed E-state index contributed by atoms with van der Waals surface area (Å²) in [5.74, 6) is 5.30. The highest BCUT2D eigenvalue weighted by atomic mass is 28.4. The zero-order valence-corrected chi connectivity index (χ0v) is 25.4. The second-order valence-corrected chi connectivity index (χ2v) is 23.7. The molecule has 2 fully saturated rings. The van der Waals surface area contributed by atoms with Crippen LogP contribution in [0.2, 0.25) is 37.8 Å². The number of rotatable bonds is 5. The van der Waals surface area contributed by atoms with E-state index < -0.39 is 16.6 Å². The second-order valence-electron chi connectivity index (χ2n) is 14.5. The van der Waals surface area contributed by atoms with Gasteiger partial charge in [-0.15, -0.1) is 0 Å². The Morgan fingerprint density at radius 1 is 1.03 bits per heavy atom. The molecule has 7 atom stereocenters. The van der Waals surface area contributed by atoms with E-state index in [1.807, 2.05) is 0 Å². The van der Waals surface area contributed by atoms with Crippen LogP contribution in [0.5, 0.6) is 0 Å². The van der Waals surface area contributed by atoms with Crippen molar-refractivity contribution < 1.29 is 8.85 Å². The molecule has 4 rings (SSSR count). The first kappa shape index (κ1) is 25.8. The van der Waals surface area contributed by atoms with Crippen LogP contribution in [0.25, 0.3) is 0 Å². The summed E-state index contributed by atoms with van der Waals surface area (Å²) >= 11 is 0. The fourth-order valence-electron chi connectivity index (χ4n) is 7.67. The molecular formula is C29H52O2Si2. The van der Waals surface area contributed by atoms with Crippen molar-refractivity contribution in [3.63, 3.8) is 0 Å². The molecule has 4 aliphatic carbocycles. The highest BCUT2D eigenvalue weighted by Gasteiger charge is 2.59. The largest absolute Gasteiger partial charge is 0.547 e. The van der Waals surface area contributed by atoms with Gasteiger partial charge in [0.15, 0.2) is 8.32 Å². The molecule has 0 heterocycles. The number of fused-ring (bicyclic) bond motifs is 5. The molecule has 0 radical (unpaired) electrons. The van der Waals surface area contributed by atoms with Crippen LogP contribution < -0.4 is 0 Å². The Hall–Kier alpha value is -0.326. The van der Waals surface area contributed by atoms with E-state index in [0.29, 0.717) is 11.5 Å². The van der Waals surface area contributed by atoms with Crippen LogP contribution in [-0.4, -0.2) is 22.7 Å². The molecule has 0 aromatic carbocycles. The van der Waals surface area contributed by atoms with E-state index in [2.05, 4.69) is 79.5 Å². The molecule has 0 aliphatic heterocycles. The minimum atomic E-state index is -1.75. The summed E-state index contributed by atoms with van der Waals surface area (Å²) < 4.78 is 13.6. The van der Waals surface area contributed by atoms with Crippen molar-refractivity contribution in [3.05, 3.63) is 23.5 Å². The average Bonchev–Trinajstić information content (AvgIpc) is 3.00. The molecule has 4 aliphatic rings. The van der Waals surface area contributed by atoms with Crippen molar-refractivity contribution in [2.24, 2.45) is 35.0 Å². The summed E-state index contributed by atoms with van der Waals surface area (Å²) in [6.45, 7) is 24.1. The van der Waals surface area contributed by atoms with Crippen molar-refractivity contribution in [2.45, 2.75) is 123 Å². The molecule has 188 valence electrons. The molecule has 0 saturated heterocycles. The van der Waals surface area contributed by atoms with Gasteiger partial charge in [0, 0.05) is 6.42 Å². The third-order valence-corrected chi connectivity index (χ3v) is 15.7. The van der Waals surface area contributed by atoms with Gasteiger partial charge in [-0.2, -0.15) is 0 Å². The monoisotopic (exact) mass is 488 g/mol. The van der Waals surface area contributed by atoms with Gasteiger partial charge in [-0.05, 0) is 123 Å². The van der Waals surface area contributed by atoms with Gasteiger partial charge in [-0.1, -0.05) is 40.7 Å². The summed E-state index contributed by atoms with van der Waals surface area (Å²) in [6.07, 6.45) is 14.8. The predicted octanol–water partition coefficient (Wildman–Crippen LogP) is 8.93. The molecule has 0 amide bonds. The fraction of sp³-hybridized carbons (Fsp3) is 0.862. The molecule has 2 saturated carbocycles. The molecule has 0 bridgehead atoms. The van der Waals surface area contributed by atoms with Crippen LogP contribution in [0.4, 0.5) is 0 Å². The first-order chi connectivity index (χ1) is 15.2. The summed E-state index contributed by atoms with van der Waals surface area (Å²) in [5.41, 5.74) is 1.99. The molecule has 4 heteroatoms. The Labute approximate surface area is 207 Å². The zero-order valence-electron chi connectivity index (χ0n) is 23.4. The van der Waals surface area contributed by atoms with E-state index in [4.69, 9.17) is 8.85 Å². The van der Waals surface area contributed by atoms with Gasteiger partial charge in [0.25, 0.3) is 0 Å². The lowest BCUT2D eigenvalue weighted by molar-refractivity contribution is -0.0569. The Balaban J connectivity index is 1.60. The Morgan fingerprint density at radius 2 is 1.73 bits per heavy atom. The third kappa shape index (κ3) is 4.74. The third-order valence-electron chi connectivity index (χ3n) is 10.3. The van der Waals surface area contributed by atoms with Crippen molar-refractivity contribution in [3.8, 4) is 0 Å². The lowest BCUT2D eigenvalue weighted by Crippen LogP contribution is -2.53. The van der Waals surface area contributed by atoms with Gasteiger partial charge in [-0.3, -0.25) is 0 Å². The summed E-state index contributed by atoms with van der Waals surface area (Å²) in [5, 5.41) is 0.289. The maximum atomic E-state index is 7.15. The van der Waals surface area contributed by atoms with Crippen molar-refractivity contribution in [1.29, 1.82) is 0 Å². The number of allylic oxidation sites excluding steroid dienone is 4. The molecule has 0 aromatic heterocycles. The summed E-state index contributed by atoms with van der Waals surface area (Å²) in [4.78, 5) is 0. The maximum Gasteiger partial charge on any atom is 0.241 e. The minimum absolute atomic E-state index is 0.289. The molecular weight excluding hydrogens is 436 g/mol. The maximum absolute atomic E-state index is 7.15. The summed E-state index contributed by atoms with van der Waals surface area (Å²) in [6, 6.07) is 0. The lowest BCUT2D eigenvalue weighted by Gasteiger charge is -2.56. The quantitative estimate of drug-likeness (QED) is 0.359. The molecule has 0 spiro atoms. The summed E-state index contributed by atoms with van der Waals surface area (Å²) in [7, 11) is -3.28. The van der Waals surface area contributed by atoms with E-state index in [1.54, 1.807) is 5.57 Å². The van der Waals surface area contributed by atoms with Crippen LogP contribution in [0.15, 0.2) is 23.5 Å². The SMILES string of the molecule is CC[C@@H]1C=C2C=C(O[Si](C)(C)C)CC[C@@H]2[C@H]2CC[C@]3(C)[C@@H](O[Si](C)(C)C(C)(C)C)CC[C@H]3[C@@H]21. The first-order valence-electron chi connectivity index (χ1n) is 14.0. The van der Waals surface area contributed by atoms with Crippen LogP contribution in [0, 0.1) is 35.0 Å². The molecule has 0 unspecified atom stereocenters. The predicted molar refractivity (Wildman–Crippen MR) is 146 cm³/mol. The highest BCUT2D eigenvalue weighted by molar-refractivity contribution is 6.74. The van der Waals surface area contributed by atoms with Gasteiger partial charge >= 0.3 is 0 Å².